The molecule has 0 radical (unpaired) electrons. The summed E-state index contributed by atoms with van der Waals surface area (Å²) in [6, 6.07) is 16.1. The van der Waals surface area contributed by atoms with E-state index in [0.717, 1.165) is 17.5 Å². The first-order valence-electron chi connectivity index (χ1n) is 10.5. The second-order valence-electron chi connectivity index (χ2n) is 8.02. The molecule has 0 unspecified atom stereocenters. The first-order valence-corrected chi connectivity index (χ1v) is 10.5. The Kier molecular flexibility index (Phi) is 5.84. The quantitative estimate of drug-likeness (QED) is 0.587. The summed E-state index contributed by atoms with van der Waals surface area (Å²) in [5.74, 6) is 0.361. The fourth-order valence-corrected chi connectivity index (χ4v) is 4.18. The molecule has 6 nitrogen and oxygen atoms in total. The molecule has 1 heterocycles. The van der Waals surface area contributed by atoms with Crippen LogP contribution in [-0.2, 0) is 9.53 Å². The van der Waals surface area contributed by atoms with Gasteiger partial charge in [-0.2, -0.15) is 0 Å². The Bertz CT molecular complexity index is 1090. The van der Waals surface area contributed by atoms with Crippen molar-refractivity contribution in [3.05, 3.63) is 70.5 Å². The van der Waals surface area contributed by atoms with Crippen LogP contribution in [0.2, 0.25) is 0 Å². The van der Waals surface area contributed by atoms with E-state index in [2.05, 4.69) is 17.2 Å². The first-order chi connectivity index (χ1) is 14.6. The molecule has 0 spiro atoms. The van der Waals surface area contributed by atoms with Crippen LogP contribution in [-0.4, -0.2) is 22.6 Å². The number of nitrogens with one attached hydrogen (secondary N) is 1. The van der Waals surface area contributed by atoms with Crippen LogP contribution in [0.3, 0.4) is 0 Å². The van der Waals surface area contributed by atoms with Crippen molar-refractivity contribution < 1.29 is 9.53 Å². The summed E-state index contributed by atoms with van der Waals surface area (Å²) in [5, 5.41) is 3.06. The normalized spacial score (nSPS) is 15.9. The minimum atomic E-state index is -0.812. The van der Waals surface area contributed by atoms with Gasteiger partial charge in [-0.05, 0) is 37.0 Å². The van der Waals surface area contributed by atoms with Gasteiger partial charge in [-0.3, -0.25) is 4.79 Å². The van der Waals surface area contributed by atoms with E-state index in [4.69, 9.17) is 4.74 Å². The van der Waals surface area contributed by atoms with Gasteiger partial charge in [0.05, 0.1) is 18.1 Å². The van der Waals surface area contributed by atoms with Gasteiger partial charge in [-0.15, -0.1) is 0 Å². The fourth-order valence-electron chi connectivity index (χ4n) is 4.18. The van der Waals surface area contributed by atoms with E-state index in [1.165, 1.54) is 26.4 Å². The van der Waals surface area contributed by atoms with E-state index in [1.807, 2.05) is 59.2 Å². The number of para-hydroxylation sites is 2. The molecular weight excluding hydrogens is 378 g/mol. The van der Waals surface area contributed by atoms with Crippen LogP contribution in [0.15, 0.2) is 59.4 Å². The van der Waals surface area contributed by atoms with E-state index in [-0.39, 0.29) is 17.4 Å². The van der Waals surface area contributed by atoms with Crippen LogP contribution in [0.4, 0.5) is 5.82 Å². The van der Waals surface area contributed by atoms with Crippen molar-refractivity contribution in [1.82, 2.24) is 9.55 Å². The molecule has 1 N–H and O–H groups in total. The summed E-state index contributed by atoms with van der Waals surface area (Å²) in [6.45, 7) is 2.09. The van der Waals surface area contributed by atoms with Crippen molar-refractivity contribution in [2.45, 2.75) is 44.7 Å². The molecule has 4 rings (SSSR count). The zero-order valence-electron chi connectivity index (χ0n) is 17.4. The number of carbonyl (C=O) groups excluding carboxylic acids is 1. The number of rotatable bonds is 7. The van der Waals surface area contributed by atoms with Crippen LogP contribution >= 0.6 is 0 Å². The maximum Gasteiger partial charge on any atom is 0.333 e. The second kappa shape index (κ2) is 8.69. The van der Waals surface area contributed by atoms with E-state index < -0.39 is 12.0 Å². The number of hydrogen-bond acceptors (Lipinski definition) is 5. The number of esters is 1. The third-order valence-corrected chi connectivity index (χ3v) is 5.99. The van der Waals surface area contributed by atoms with Crippen LogP contribution in [0.1, 0.15) is 50.3 Å². The van der Waals surface area contributed by atoms with Crippen LogP contribution in [0, 0.1) is 5.92 Å². The Balaban J connectivity index is 1.77. The Hall–Kier alpha value is -3.15. The molecule has 1 saturated carbocycles. The van der Waals surface area contributed by atoms with Crippen molar-refractivity contribution >= 4 is 22.8 Å². The lowest BCUT2D eigenvalue weighted by atomic mass is 9.81. The highest BCUT2D eigenvalue weighted by Crippen LogP contribution is 2.34. The maximum atomic E-state index is 13.5. The van der Waals surface area contributed by atoms with Crippen LogP contribution < -0.4 is 10.9 Å². The third kappa shape index (κ3) is 3.95. The van der Waals surface area contributed by atoms with Gasteiger partial charge < -0.3 is 14.6 Å². The van der Waals surface area contributed by atoms with Crippen molar-refractivity contribution in [2.24, 2.45) is 5.92 Å². The summed E-state index contributed by atoms with van der Waals surface area (Å²) in [7, 11) is 1.34. The highest BCUT2D eigenvalue weighted by atomic mass is 16.5. The molecule has 1 fully saturated rings. The molecule has 2 atom stereocenters. The Morgan fingerprint density at radius 3 is 2.53 bits per heavy atom. The average Bonchev–Trinajstić information content (AvgIpc) is 2.74. The molecule has 30 heavy (non-hydrogen) atoms. The number of benzene rings is 2. The maximum absolute atomic E-state index is 13.5. The molecule has 2 aromatic carbocycles. The molecule has 0 saturated heterocycles. The Morgan fingerprint density at radius 2 is 1.87 bits per heavy atom. The highest BCUT2D eigenvalue weighted by molar-refractivity contribution is 5.82. The lowest BCUT2D eigenvalue weighted by Gasteiger charge is -2.29. The van der Waals surface area contributed by atoms with E-state index >= 15 is 0 Å². The van der Waals surface area contributed by atoms with Gasteiger partial charge in [0.2, 0.25) is 0 Å². The molecular formula is C24H27N3O3. The molecule has 1 aromatic heterocycles. The number of hydrogen-bond donors (Lipinski definition) is 1. The highest BCUT2D eigenvalue weighted by Gasteiger charge is 2.26. The molecule has 1 aliphatic carbocycles. The van der Waals surface area contributed by atoms with E-state index in [9.17, 15) is 9.59 Å². The lowest BCUT2D eigenvalue weighted by molar-refractivity contribution is -0.141. The molecule has 0 amide bonds. The number of aromatic nitrogens is 2. The van der Waals surface area contributed by atoms with E-state index in [0.29, 0.717) is 11.5 Å². The molecule has 0 bridgehead atoms. The van der Waals surface area contributed by atoms with Gasteiger partial charge in [-0.25, -0.2) is 9.78 Å². The number of fused-ring (bicyclic) bond motifs is 1. The summed E-state index contributed by atoms with van der Waals surface area (Å²) < 4.78 is 6.80. The first kappa shape index (κ1) is 20.1. The number of ether oxygens (including phenoxy) is 1. The zero-order valence-corrected chi connectivity index (χ0v) is 17.4. The topological polar surface area (TPSA) is 73.2 Å². The summed E-state index contributed by atoms with van der Waals surface area (Å²) in [6.07, 6.45) is 4.69. The van der Waals surface area contributed by atoms with Gasteiger partial charge in [-0.1, -0.05) is 61.7 Å². The van der Waals surface area contributed by atoms with E-state index in [1.54, 1.807) is 0 Å². The van der Waals surface area contributed by atoms with Gasteiger partial charge >= 0.3 is 5.97 Å². The SMILES string of the molecule is COC(=O)[C@@H](Nc1nc2ccccc2n([C@@H](C)CC2CCC2)c1=O)c1ccccc1. The van der Waals surface area contributed by atoms with Crippen LogP contribution in [0.25, 0.3) is 11.0 Å². The minimum absolute atomic E-state index is 0.0459. The molecule has 3 aromatic rings. The van der Waals surface area contributed by atoms with Gasteiger partial charge in [0.25, 0.3) is 5.56 Å². The summed E-state index contributed by atoms with van der Waals surface area (Å²) >= 11 is 0. The Morgan fingerprint density at radius 1 is 1.17 bits per heavy atom. The number of anilines is 1. The second-order valence-corrected chi connectivity index (χ2v) is 8.02. The largest absolute Gasteiger partial charge is 0.467 e. The smallest absolute Gasteiger partial charge is 0.333 e. The van der Waals surface area contributed by atoms with Gasteiger partial charge in [0.1, 0.15) is 0 Å². The van der Waals surface area contributed by atoms with Crippen LogP contribution in [0.5, 0.6) is 0 Å². The van der Waals surface area contributed by atoms with Crippen molar-refractivity contribution in [3.8, 4) is 0 Å². The monoisotopic (exact) mass is 405 g/mol. The molecule has 0 aliphatic heterocycles. The summed E-state index contributed by atoms with van der Waals surface area (Å²) in [4.78, 5) is 30.5. The minimum Gasteiger partial charge on any atom is -0.467 e. The fraction of sp³-hybridized carbons (Fsp3) is 0.375. The van der Waals surface area contributed by atoms with Crippen molar-refractivity contribution in [2.75, 3.05) is 12.4 Å². The number of nitrogens with zero attached hydrogens (tertiary/aromatic N) is 2. The zero-order chi connectivity index (χ0) is 21.1. The summed E-state index contributed by atoms with van der Waals surface area (Å²) in [5.41, 5.74) is 2.03. The molecule has 1 aliphatic rings. The standard InChI is InChI=1S/C24H27N3O3/c1-16(15-17-9-8-10-17)27-20-14-7-6-13-19(20)25-22(23(27)28)26-21(24(29)30-2)18-11-4-3-5-12-18/h3-7,11-14,16-17,21H,8-10,15H2,1-2H3,(H,25,26)/t16-,21-/m0/s1. The number of carbonyl (C=O) groups is 1. The average molecular weight is 405 g/mol. The third-order valence-electron chi connectivity index (χ3n) is 5.99. The Labute approximate surface area is 175 Å². The van der Waals surface area contributed by atoms with Crippen molar-refractivity contribution in [1.29, 1.82) is 0 Å². The van der Waals surface area contributed by atoms with Gasteiger partial charge in [0, 0.05) is 6.04 Å². The predicted octanol–water partition coefficient (Wildman–Crippen LogP) is 4.47. The van der Waals surface area contributed by atoms with Crippen molar-refractivity contribution in [3.63, 3.8) is 0 Å². The molecule has 6 heteroatoms. The van der Waals surface area contributed by atoms with Gasteiger partial charge in [0.15, 0.2) is 11.9 Å². The predicted molar refractivity (Wildman–Crippen MR) is 117 cm³/mol. The molecule has 156 valence electrons. The number of methoxy groups -OCH3 is 1. The lowest BCUT2D eigenvalue weighted by Crippen LogP contribution is -2.32.